The molecule has 2 aromatic carbocycles. The minimum Gasteiger partial charge on any atom is -0.493 e. The Morgan fingerprint density at radius 3 is 2.30 bits per heavy atom. The van der Waals surface area contributed by atoms with E-state index in [9.17, 15) is 14.4 Å². The number of nitrogens with zero attached hydrogens (tertiary/aromatic N) is 1. The fourth-order valence-corrected chi connectivity index (χ4v) is 3.26. The molecular weight excluding hydrogens is 406 g/mol. The maximum absolute atomic E-state index is 12.6. The number of halogens is 1. The van der Waals surface area contributed by atoms with Gasteiger partial charge in [0.1, 0.15) is 5.75 Å². The van der Waals surface area contributed by atoms with Crippen molar-refractivity contribution in [2.45, 2.75) is 19.9 Å². The molecule has 7 nitrogen and oxygen atoms in total. The Morgan fingerprint density at radius 2 is 1.70 bits per heavy atom. The third kappa shape index (κ3) is 4.98. The summed E-state index contributed by atoms with van der Waals surface area (Å²) in [5, 5.41) is 5.91. The van der Waals surface area contributed by atoms with E-state index < -0.39 is 0 Å². The van der Waals surface area contributed by atoms with E-state index in [-0.39, 0.29) is 36.7 Å². The number of nitrogens with one attached hydrogen (secondary N) is 2. The van der Waals surface area contributed by atoms with Crippen LogP contribution in [-0.4, -0.2) is 49.4 Å². The third-order valence-corrected chi connectivity index (χ3v) is 4.70. The molecule has 0 saturated heterocycles. The van der Waals surface area contributed by atoms with Crippen molar-refractivity contribution in [3.8, 4) is 5.75 Å². The van der Waals surface area contributed by atoms with Gasteiger partial charge in [0.15, 0.2) is 0 Å². The molecule has 0 aliphatic carbocycles. The molecule has 30 heavy (non-hydrogen) atoms. The molecule has 0 bridgehead atoms. The quantitative estimate of drug-likeness (QED) is 0.470. The van der Waals surface area contributed by atoms with E-state index in [1.54, 1.807) is 42.5 Å². The molecule has 0 radical (unpaired) electrons. The lowest BCUT2D eigenvalue weighted by Gasteiger charge is -2.16. The second kappa shape index (κ2) is 10.8. The summed E-state index contributed by atoms with van der Waals surface area (Å²) in [6.07, 6.45) is 0.806. The molecular formula is C22H26ClN3O4. The fraction of sp³-hybridized carbons (Fsp3) is 0.318. The van der Waals surface area contributed by atoms with Gasteiger partial charge < -0.3 is 15.4 Å². The van der Waals surface area contributed by atoms with Gasteiger partial charge in [-0.05, 0) is 56.8 Å². The first-order chi connectivity index (χ1) is 14.1. The van der Waals surface area contributed by atoms with E-state index >= 15 is 0 Å². The van der Waals surface area contributed by atoms with Gasteiger partial charge in [-0.2, -0.15) is 0 Å². The van der Waals surface area contributed by atoms with E-state index in [4.69, 9.17) is 4.74 Å². The van der Waals surface area contributed by atoms with Crippen molar-refractivity contribution in [1.82, 2.24) is 15.5 Å². The molecule has 0 atom stereocenters. The van der Waals surface area contributed by atoms with Gasteiger partial charge in [0.2, 0.25) is 0 Å². The Bertz CT molecular complexity index is 897. The van der Waals surface area contributed by atoms with E-state index in [2.05, 4.69) is 10.6 Å². The van der Waals surface area contributed by atoms with Crippen LogP contribution in [0.1, 0.15) is 50.0 Å². The number of benzene rings is 2. The zero-order valence-electron chi connectivity index (χ0n) is 17.1. The van der Waals surface area contributed by atoms with Gasteiger partial charge in [0.05, 0.1) is 29.8 Å². The third-order valence-electron chi connectivity index (χ3n) is 4.70. The SMILES string of the molecule is CCOc1ccc(CN2C(=O)c3ccccc3C2=O)cc1C(=O)NCCCNC.Cl. The highest BCUT2D eigenvalue weighted by Crippen LogP contribution is 2.26. The van der Waals surface area contributed by atoms with Crippen LogP contribution in [0.2, 0.25) is 0 Å². The molecule has 8 heteroatoms. The molecule has 1 aliphatic heterocycles. The lowest BCUT2D eigenvalue weighted by atomic mass is 10.1. The van der Waals surface area contributed by atoms with Crippen molar-refractivity contribution < 1.29 is 19.1 Å². The summed E-state index contributed by atoms with van der Waals surface area (Å²) >= 11 is 0. The Hall–Kier alpha value is -2.90. The maximum Gasteiger partial charge on any atom is 0.261 e. The van der Waals surface area contributed by atoms with Crippen LogP contribution in [0.15, 0.2) is 42.5 Å². The fourth-order valence-electron chi connectivity index (χ4n) is 3.26. The summed E-state index contributed by atoms with van der Waals surface area (Å²) in [6.45, 7) is 3.71. The smallest absolute Gasteiger partial charge is 0.261 e. The molecule has 3 rings (SSSR count). The molecule has 160 valence electrons. The molecule has 0 fully saturated rings. The summed E-state index contributed by atoms with van der Waals surface area (Å²) in [4.78, 5) is 39.0. The van der Waals surface area contributed by atoms with Gasteiger partial charge in [-0.25, -0.2) is 0 Å². The highest BCUT2D eigenvalue weighted by atomic mass is 35.5. The Kier molecular flexibility index (Phi) is 8.38. The Balaban J connectivity index is 0.00000320. The number of hydrogen-bond acceptors (Lipinski definition) is 5. The number of hydrogen-bond donors (Lipinski definition) is 2. The average Bonchev–Trinajstić information content (AvgIpc) is 2.97. The summed E-state index contributed by atoms with van der Waals surface area (Å²) in [7, 11) is 1.86. The molecule has 2 N–H and O–H groups in total. The van der Waals surface area contributed by atoms with E-state index in [1.807, 2.05) is 14.0 Å². The van der Waals surface area contributed by atoms with Crippen LogP contribution in [0.3, 0.4) is 0 Å². The largest absolute Gasteiger partial charge is 0.493 e. The summed E-state index contributed by atoms with van der Waals surface area (Å²) in [5.74, 6) is -0.409. The van der Waals surface area contributed by atoms with Crippen LogP contribution in [0.25, 0.3) is 0 Å². The van der Waals surface area contributed by atoms with Gasteiger partial charge >= 0.3 is 0 Å². The number of ether oxygens (including phenoxy) is 1. The predicted molar refractivity (Wildman–Crippen MR) is 116 cm³/mol. The second-order valence-electron chi connectivity index (χ2n) is 6.72. The van der Waals surface area contributed by atoms with Gasteiger partial charge in [-0.15, -0.1) is 12.4 Å². The van der Waals surface area contributed by atoms with Crippen LogP contribution in [0, 0.1) is 0 Å². The summed E-state index contributed by atoms with van der Waals surface area (Å²) < 4.78 is 5.58. The zero-order valence-corrected chi connectivity index (χ0v) is 17.9. The Labute approximate surface area is 182 Å². The predicted octanol–water partition coefficient (Wildman–Crippen LogP) is 2.64. The second-order valence-corrected chi connectivity index (χ2v) is 6.72. The highest BCUT2D eigenvalue weighted by Gasteiger charge is 2.35. The van der Waals surface area contributed by atoms with Crippen molar-refractivity contribution in [2.24, 2.45) is 0 Å². The molecule has 0 saturated carbocycles. The zero-order chi connectivity index (χ0) is 20.8. The number of rotatable bonds is 9. The number of carbonyl (C=O) groups is 3. The molecule has 0 spiro atoms. The summed E-state index contributed by atoms with van der Waals surface area (Å²) in [6, 6.07) is 11.9. The first kappa shape index (κ1) is 23.4. The Morgan fingerprint density at radius 1 is 1.03 bits per heavy atom. The monoisotopic (exact) mass is 431 g/mol. The average molecular weight is 432 g/mol. The van der Waals surface area contributed by atoms with Crippen LogP contribution >= 0.6 is 12.4 Å². The summed E-state index contributed by atoms with van der Waals surface area (Å²) in [5.41, 5.74) is 1.89. The van der Waals surface area contributed by atoms with Crippen LogP contribution < -0.4 is 15.4 Å². The number of imide groups is 1. The number of carbonyl (C=O) groups excluding carboxylic acids is 3. The maximum atomic E-state index is 12.6. The van der Waals surface area contributed by atoms with Crippen molar-refractivity contribution in [3.63, 3.8) is 0 Å². The topological polar surface area (TPSA) is 87.7 Å². The number of fused-ring (bicyclic) bond motifs is 1. The van der Waals surface area contributed by atoms with Gasteiger partial charge in [-0.1, -0.05) is 18.2 Å². The van der Waals surface area contributed by atoms with E-state index in [1.165, 1.54) is 4.90 Å². The van der Waals surface area contributed by atoms with Crippen molar-refractivity contribution in [3.05, 3.63) is 64.7 Å². The van der Waals surface area contributed by atoms with Gasteiger partial charge in [0.25, 0.3) is 17.7 Å². The van der Waals surface area contributed by atoms with Gasteiger partial charge in [0, 0.05) is 6.54 Å². The molecule has 3 amide bonds. The molecule has 0 unspecified atom stereocenters. The van der Waals surface area contributed by atoms with E-state index in [0.717, 1.165) is 13.0 Å². The van der Waals surface area contributed by atoms with Crippen molar-refractivity contribution >= 4 is 30.1 Å². The highest BCUT2D eigenvalue weighted by molar-refractivity contribution is 6.21. The molecule has 1 aliphatic rings. The lowest BCUT2D eigenvalue weighted by Crippen LogP contribution is -2.30. The van der Waals surface area contributed by atoms with E-state index in [0.29, 0.717) is 41.2 Å². The minimum atomic E-state index is -0.322. The van der Waals surface area contributed by atoms with Crippen LogP contribution in [0.5, 0.6) is 5.75 Å². The first-order valence-corrected chi connectivity index (χ1v) is 9.70. The lowest BCUT2D eigenvalue weighted by molar-refractivity contribution is 0.0642. The van der Waals surface area contributed by atoms with Crippen molar-refractivity contribution in [1.29, 1.82) is 0 Å². The molecule has 2 aromatic rings. The minimum absolute atomic E-state index is 0. The first-order valence-electron chi connectivity index (χ1n) is 9.70. The van der Waals surface area contributed by atoms with Gasteiger partial charge in [-0.3, -0.25) is 19.3 Å². The molecule has 0 aromatic heterocycles. The number of amides is 3. The normalized spacial score (nSPS) is 12.4. The molecule has 1 heterocycles. The van der Waals surface area contributed by atoms with Crippen LogP contribution in [-0.2, 0) is 6.54 Å². The standard InChI is InChI=1S/C22H25N3O4.ClH/c1-3-29-19-10-9-15(13-18(19)20(26)24-12-6-11-23-2)14-25-21(27)16-7-4-5-8-17(16)22(25)28;/h4-5,7-10,13,23H,3,6,11-12,14H2,1-2H3,(H,24,26);1H. The van der Waals surface area contributed by atoms with Crippen LogP contribution in [0.4, 0.5) is 0 Å². The van der Waals surface area contributed by atoms with Crippen molar-refractivity contribution in [2.75, 3.05) is 26.7 Å².